The molecule has 1 aromatic rings. The molecule has 2 heterocycles. The molecule has 20 heavy (non-hydrogen) atoms. The number of hydrogen-bond donors (Lipinski definition) is 0. The number of ether oxygens (including phenoxy) is 1. The molecule has 1 saturated heterocycles. The fraction of sp³-hybridized carbons (Fsp3) is 0.529. The standard InChI is InChI=1S/C17H23NO.ClH/c1-14(2)7-10-18-11-8-17(9-12-18)13-15-5-3-4-6-16(15)19-17;/h3-7H,8-13H2,1-2H3;1H. The molecule has 0 N–H and O–H groups in total. The van der Waals surface area contributed by atoms with Crippen molar-refractivity contribution in [3.05, 3.63) is 41.5 Å². The van der Waals surface area contributed by atoms with E-state index in [9.17, 15) is 0 Å². The Bertz CT molecular complexity index is 459. The van der Waals surface area contributed by atoms with Gasteiger partial charge in [0.25, 0.3) is 0 Å². The minimum absolute atomic E-state index is 0. The third kappa shape index (κ3) is 3.18. The number of piperidine rings is 1. The lowest BCUT2D eigenvalue weighted by molar-refractivity contribution is 0.0229. The molecule has 2 nitrogen and oxygen atoms in total. The molecule has 1 spiro atoms. The zero-order valence-corrected chi connectivity index (χ0v) is 13.2. The van der Waals surface area contributed by atoms with Crippen LogP contribution >= 0.6 is 12.4 Å². The second-order valence-electron chi connectivity index (χ2n) is 6.15. The summed E-state index contributed by atoms with van der Waals surface area (Å²) in [5.41, 5.74) is 2.88. The maximum Gasteiger partial charge on any atom is 0.123 e. The normalized spacial score (nSPS) is 19.9. The summed E-state index contributed by atoms with van der Waals surface area (Å²) in [5.74, 6) is 1.11. The smallest absolute Gasteiger partial charge is 0.123 e. The van der Waals surface area contributed by atoms with Crippen molar-refractivity contribution >= 4 is 12.4 Å². The molecule has 0 aliphatic carbocycles. The number of nitrogens with zero attached hydrogens (tertiary/aromatic N) is 1. The fourth-order valence-electron chi connectivity index (χ4n) is 3.10. The second kappa shape index (κ2) is 6.19. The lowest BCUT2D eigenvalue weighted by Gasteiger charge is -2.38. The lowest BCUT2D eigenvalue weighted by atomic mass is 9.87. The Labute approximate surface area is 128 Å². The summed E-state index contributed by atoms with van der Waals surface area (Å²) in [6.45, 7) is 7.73. The van der Waals surface area contributed by atoms with Crippen molar-refractivity contribution in [2.45, 2.75) is 38.7 Å². The molecule has 3 heteroatoms. The van der Waals surface area contributed by atoms with Crippen LogP contribution in [0.4, 0.5) is 0 Å². The van der Waals surface area contributed by atoms with Gasteiger partial charge in [-0.15, -0.1) is 12.4 Å². The van der Waals surface area contributed by atoms with Gasteiger partial charge in [-0.2, -0.15) is 0 Å². The van der Waals surface area contributed by atoms with Crippen molar-refractivity contribution in [2.75, 3.05) is 19.6 Å². The summed E-state index contributed by atoms with van der Waals surface area (Å²) in [6, 6.07) is 8.51. The van der Waals surface area contributed by atoms with Crippen LogP contribution in [0.5, 0.6) is 5.75 Å². The highest BCUT2D eigenvalue weighted by molar-refractivity contribution is 5.85. The van der Waals surface area contributed by atoms with E-state index in [0.717, 1.165) is 44.6 Å². The Morgan fingerprint density at radius 3 is 2.60 bits per heavy atom. The largest absolute Gasteiger partial charge is 0.487 e. The van der Waals surface area contributed by atoms with E-state index in [2.05, 4.69) is 49.1 Å². The summed E-state index contributed by atoms with van der Waals surface area (Å²) >= 11 is 0. The topological polar surface area (TPSA) is 12.5 Å². The third-order valence-electron chi connectivity index (χ3n) is 4.34. The van der Waals surface area contributed by atoms with Gasteiger partial charge in [-0.05, 0) is 25.5 Å². The van der Waals surface area contributed by atoms with Crippen LogP contribution in [0.15, 0.2) is 35.9 Å². The molecule has 0 saturated carbocycles. The van der Waals surface area contributed by atoms with Crippen molar-refractivity contribution in [3.63, 3.8) is 0 Å². The predicted molar refractivity (Wildman–Crippen MR) is 85.9 cm³/mol. The molecular formula is C17H24ClNO. The number of hydrogen-bond acceptors (Lipinski definition) is 2. The van der Waals surface area contributed by atoms with Gasteiger partial charge < -0.3 is 4.74 Å². The predicted octanol–water partition coefficient (Wildman–Crippen LogP) is 3.84. The van der Waals surface area contributed by atoms with Gasteiger partial charge in [0.1, 0.15) is 11.4 Å². The maximum absolute atomic E-state index is 6.27. The van der Waals surface area contributed by atoms with Gasteiger partial charge >= 0.3 is 0 Å². The Balaban J connectivity index is 0.00000147. The Hall–Kier alpha value is -0.990. The minimum Gasteiger partial charge on any atom is -0.487 e. The van der Waals surface area contributed by atoms with Crippen LogP contribution in [0.2, 0.25) is 0 Å². The average Bonchev–Trinajstić information content (AvgIpc) is 2.76. The monoisotopic (exact) mass is 293 g/mol. The van der Waals surface area contributed by atoms with E-state index in [4.69, 9.17) is 4.74 Å². The van der Waals surface area contributed by atoms with Crippen LogP contribution in [0.25, 0.3) is 0 Å². The van der Waals surface area contributed by atoms with E-state index in [-0.39, 0.29) is 18.0 Å². The fourth-order valence-corrected chi connectivity index (χ4v) is 3.10. The van der Waals surface area contributed by atoms with Crippen molar-refractivity contribution in [1.29, 1.82) is 0 Å². The molecule has 0 amide bonds. The van der Waals surface area contributed by atoms with Crippen LogP contribution < -0.4 is 4.74 Å². The zero-order chi connectivity index (χ0) is 13.3. The number of likely N-dealkylation sites (tertiary alicyclic amines) is 1. The van der Waals surface area contributed by atoms with E-state index in [1.54, 1.807) is 0 Å². The van der Waals surface area contributed by atoms with Gasteiger partial charge in [0.05, 0.1) is 0 Å². The van der Waals surface area contributed by atoms with Gasteiger partial charge in [-0.1, -0.05) is 29.8 Å². The first-order chi connectivity index (χ1) is 9.17. The number of halogens is 1. The van der Waals surface area contributed by atoms with Gasteiger partial charge in [0, 0.05) is 38.9 Å². The summed E-state index contributed by atoms with van der Waals surface area (Å²) < 4.78 is 6.27. The molecule has 0 unspecified atom stereocenters. The van der Waals surface area contributed by atoms with Crippen molar-refractivity contribution in [1.82, 2.24) is 4.90 Å². The lowest BCUT2D eigenvalue weighted by Crippen LogP contribution is -2.47. The van der Waals surface area contributed by atoms with E-state index < -0.39 is 0 Å². The van der Waals surface area contributed by atoms with E-state index in [1.165, 1.54) is 11.1 Å². The van der Waals surface area contributed by atoms with Crippen molar-refractivity contribution in [3.8, 4) is 5.75 Å². The molecule has 2 aliphatic heterocycles. The molecule has 0 aromatic heterocycles. The number of fused-ring (bicyclic) bond motifs is 1. The quantitative estimate of drug-likeness (QED) is 0.768. The molecule has 1 aromatic carbocycles. The molecule has 110 valence electrons. The van der Waals surface area contributed by atoms with Crippen LogP contribution in [-0.4, -0.2) is 30.1 Å². The van der Waals surface area contributed by atoms with Crippen LogP contribution in [-0.2, 0) is 6.42 Å². The summed E-state index contributed by atoms with van der Waals surface area (Å²) in [5, 5.41) is 0. The maximum atomic E-state index is 6.27. The highest BCUT2D eigenvalue weighted by Crippen LogP contribution is 2.40. The van der Waals surface area contributed by atoms with Crippen molar-refractivity contribution < 1.29 is 4.74 Å². The van der Waals surface area contributed by atoms with E-state index in [1.807, 2.05) is 0 Å². The van der Waals surface area contributed by atoms with Crippen LogP contribution in [0.3, 0.4) is 0 Å². The van der Waals surface area contributed by atoms with Crippen LogP contribution in [0, 0.1) is 0 Å². The molecule has 3 rings (SSSR count). The molecule has 0 atom stereocenters. The van der Waals surface area contributed by atoms with Gasteiger partial charge in [0.15, 0.2) is 0 Å². The summed E-state index contributed by atoms with van der Waals surface area (Å²) in [4.78, 5) is 2.53. The minimum atomic E-state index is 0. The SMILES string of the molecule is CC(C)=CCN1CCC2(CC1)Cc1ccccc1O2.Cl. The average molecular weight is 294 g/mol. The van der Waals surface area contributed by atoms with Gasteiger partial charge in [0.2, 0.25) is 0 Å². The van der Waals surface area contributed by atoms with Crippen molar-refractivity contribution in [2.24, 2.45) is 0 Å². The first-order valence-corrected chi connectivity index (χ1v) is 7.30. The van der Waals surface area contributed by atoms with Crippen LogP contribution in [0.1, 0.15) is 32.3 Å². The second-order valence-corrected chi connectivity index (χ2v) is 6.15. The number of para-hydroxylation sites is 1. The Morgan fingerprint density at radius 2 is 1.95 bits per heavy atom. The Morgan fingerprint density at radius 1 is 1.25 bits per heavy atom. The molecule has 1 fully saturated rings. The summed E-state index contributed by atoms with van der Waals surface area (Å²) in [6.07, 6.45) is 5.72. The molecule has 2 aliphatic rings. The Kier molecular flexibility index (Phi) is 4.77. The summed E-state index contributed by atoms with van der Waals surface area (Å²) in [7, 11) is 0. The van der Waals surface area contributed by atoms with Gasteiger partial charge in [-0.25, -0.2) is 0 Å². The number of benzene rings is 1. The van der Waals surface area contributed by atoms with E-state index in [0.29, 0.717) is 0 Å². The molecular weight excluding hydrogens is 270 g/mol. The number of rotatable bonds is 2. The third-order valence-corrected chi connectivity index (χ3v) is 4.34. The molecule has 0 bridgehead atoms. The zero-order valence-electron chi connectivity index (χ0n) is 12.4. The first-order valence-electron chi connectivity index (χ1n) is 7.30. The van der Waals surface area contributed by atoms with E-state index >= 15 is 0 Å². The highest BCUT2D eigenvalue weighted by atomic mass is 35.5. The highest BCUT2D eigenvalue weighted by Gasteiger charge is 2.41. The van der Waals surface area contributed by atoms with Gasteiger partial charge in [-0.3, -0.25) is 4.90 Å². The molecule has 0 radical (unpaired) electrons. The first kappa shape index (κ1) is 15.4. The number of allylic oxidation sites excluding steroid dienone is 1.